The van der Waals surface area contributed by atoms with Crippen LogP contribution in [0.25, 0.3) is 0 Å². The Bertz CT molecular complexity index is 1040. The zero-order valence-electron chi connectivity index (χ0n) is 17.1. The topological polar surface area (TPSA) is 52.6 Å². The van der Waals surface area contributed by atoms with Crippen LogP contribution in [0.1, 0.15) is 66.9 Å². The fraction of sp³-hybridized carbons (Fsp3) is 0.440. The zero-order valence-corrected chi connectivity index (χ0v) is 17.1. The van der Waals surface area contributed by atoms with Crippen LogP contribution in [-0.4, -0.2) is 26.2 Å². The number of benzene rings is 2. The lowest BCUT2D eigenvalue weighted by Gasteiger charge is -2.22. The molecule has 0 N–H and O–H groups in total. The molecule has 0 amide bonds. The Morgan fingerprint density at radius 2 is 1.48 bits per heavy atom. The second kappa shape index (κ2) is 6.72. The summed E-state index contributed by atoms with van der Waals surface area (Å²) in [4.78, 5) is 24.7. The summed E-state index contributed by atoms with van der Waals surface area (Å²) in [6.45, 7) is 0. The lowest BCUT2D eigenvalue weighted by molar-refractivity contribution is 0.0590. The molecule has 2 aromatic carbocycles. The SMILES string of the molecule is COC(=O)c1ccc2c(c1)CC1(C2)Cc2cc3c(c(C(=O)OC)c2C1)CCCC3. The molecule has 0 saturated heterocycles. The third-order valence-corrected chi connectivity index (χ3v) is 7.12. The van der Waals surface area contributed by atoms with E-state index in [0.29, 0.717) is 5.56 Å². The van der Waals surface area contributed by atoms with Gasteiger partial charge in [-0.2, -0.15) is 0 Å². The number of ether oxygens (including phenoxy) is 2. The van der Waals surface area contributed by atoms with Gasteiger partial charge in [0.2, 0.25) is 0 Å². The minimum absolute atomic E-state index is 0.103. The van der Waals surface area contributed by atoms with E-state index in [1.165, 1.54) is 54.0 Å². The lowest BCUT2D eigenvalue weighted by atomic mass is 9.81. The highest BCUT2D eigenvalue weighted by atomic mass is 16.5. The second-order valence-corrected chi connectivity index (χ2v) is 8.91. The first-order valence-corrected chi connectivity index (χ1v) is 10.5. The number of methoxy groups -OCH3 is 2. The van der Waals surface area contributed by atoms with Crippen molar-refractivity contribution in [2.45, 2.75) is 51.4 Å². The van der Waals surface area contributed by atoms with Crippen LogP contribution in [-0.2, 0) is 48.0 Å². The fourth-order valence-electron chi connectivity index (χ4n) is 5.89. The number of carbonyl (C=O) groups excluding carboxylic acids is 2. The van der Waals surface area contributed by atoms with Gasteiger partial charge < -0.3 is 9.47 Å². The highest BCUT2D eigenvalue weighted by Crippen LogP contribution is 2.49. The number of fused-ring (bicyclic) bond motifs is 3. The maximum absolute atomic E-state index is 12.7. The van der Waals surface area contributed by atoms with Crippen molar-refractivity contribution in [1.29, 1.82) is 0 Å². The normalized spacial score (nSPS) is 21.4. The summed E-state index contributed by atoms with van der Waals surface area (Å²) >= 11 is 0. The third-order valence-electron chi connectivity index (χ3n) is 7.12. The van der Waals surface area contributed by atoms with Crippen LogP contribution in [0.2, 0.25) is 0 Å². The van der Waals surface area contributed by atoms with E-state index in [0.717, 1.165) is 50.5 Å². The maximum atomic E-state index is 12.7. The highest BCUT2D eigenvalue weighted by Gasteiger charge is 2.44. The summed E-state index contributed by atoms with van der Waals surface area (Å²) in [6.07, 6.45) is 8.19. The molecule has 4 heteroatoms. The molecule has 150 valence electrons. The fourth-order valence-corrected chi connectivity index (χ4v) is 5.89. The molecule has 0 radical (unpaired) electrons. The maximum Gasteiger partial charge on any atom is 0.338 e. The monoisotopic (exact) mass is 390 g/mol. The van der Waals surface area contributed by atoms with Gasteiger partial charge in [0.15, 0.2) is 0 Å². The number of hydrogen-bond donors (Lipinski definition) is 0. The molecule has 0 aromatic heterocycles. The van der Waals surface area contributed by atoms with Gasteiger partial charge in [0.1, 0.15) is 0 Å². The molecular formula is C25H26O4. The number of rotatable bonds is 2. The number of carbonyl (C=O) groups is 2. The molecule has 29 heavy (non-hydrogen) atoms. The summed E-state index contributed by atoms with van der Waals surface area (Å²) < 4.78 is 10.1. The van der Waals surface area contributed by atoms with Gasteiger partial charge in [-0.3, -0.25) is 0 Å². The van der Waals surface area contributed by atoms with Gasteiger partial charge in [-0.25, -0.2) is 9.59 Å². The van der Waals surface area contributed by atoms with Crippen LogP contribution in [0.5, 0.6) is 0 Å². The van der Waals surface area contributed by atoms with Crippen LogP contribution in [0.4, 0.5) is 0 Å². The van der Waals surface area contributed by atoms with Crippen molar-refractivity contribution < 1.29 is 19.1 Å². The summed E-state index contributed by atoms with van der Waals surface area (Å²) in [5, 5.41) is 0. The Morgan fingerprint density at radius 1 is 0.759 bits per heavy atom. The standard InChI is InChI=1S/C25H26O4/c1-28-23(26)16-7-8-17-11-25(12-18(17)10-16)13-19-9-15-5-3-4-6-20(15)22(21(19)14-25)24(27)29-2/h7-10H,3-6,11-14H2,1-2H3. The minimum atomic E-state index is -0.288. The molecule has 0 fully saturated rings. The molecule has 4 nitrogen and oxygen atoms in total. The Hall–Kier alpha value is -2.62. The van der Waals surface area contributed by atoms with Crippen molar-refractivity contribution in [1.82, 2.24) is 0 Å². The van der Waals surface area contributed by atoms with Crippen molar-refractivity contribution in [3.05, 3.63) is 68.8 Å². The zero-order chi connectivity index (χ0) is 20.2. The van der Waals surface area contributed by atoms with E-state index in [-0.39, 0.29) is 17.4 Å². The van der Waals surface area contributed by atoms with Crippen molar-refractivity contribution in [2.75, 3.05) is 14.2 Å². The second-order valence-electron chi connectivity index (χ2n) is 8.91. The van der Waals surface area contributed by atoms with Crippen LogP contribution >= 0.6 is 0 Å². The van der Waals surface area contributed by atoms with Crippen LogP contribution < -0.4 is 0 Å². The Balaban J connectivity index is 1.53. The molecule has 0 aliphatic heterocycles. The van der Waals surface area contributed by atoms with Gasteiger partial charge >= 0.3 is 11.9 Å². The van der Waals surface area contributed by atoms with E-state index < -0.39 is 0 Å². The minimum Gasteiger partial charge on any atom is -0.465 e. The molecule has 2 aromatic rings. The summed E-state index contributed by atoms with van der Waals surface area (Å²) in [7, 11) is 2.90. The van der Waals surface area contributed by atoms with Gasteiger partial charge in [0.05, 0.1) is 25.3 Å². The third kappa shape index (κ3) is 2.88. The molecule has 3 aliphatic rings. The smallest absolute Gasteiger partial charge is 0.338 e. The van der Waals surface area contributed by atoms with E-state index in [2.05, 4.69) is 12.1 Å². The molecule has 3 aliphatic carbocycles. The molecule has 1 spiro atoms. The summed E-state index contributed by atoms with van der Waals surface area (Å²) in [6, 6.07) is 8.30. The summed E-state index contributed by atoms with van der Waals surface area (Å²) in [5.74, 6) is -0.468. The Kier molecular flexibility index (Phi) is 4.27. The van der Waals surface area contributed by atoms with Gasteiger partial charge in [-0.05, 0) is 102 Å². The average molecular weight is 390 g/mol. The van der Waals surface area contributed by atoms with E-state index in [9.17, 15) is 9.59 Å². The van der Waals surface area contributed by atoms with E-state index in [1.54, 1.807) is 0 Å². The molecule has 1 unspecified atom stereocenters. The number of hydrogen-bond acceptors (Lipinski definition) is 4. The molecule has 5 rings (SSSR count). The predicted molar refractivity (Wildman–Crippen MR) is 109 cm³/mol. The number of aryl methyl sites for hydroxylation is 1. The lowest BCUT2D eigenvalue weighted by Crippen LogP contribution is -2.22. The summed E-state index contributed by atoms with van der Waals surface area (Å²) in [5.41, 5.74) is 9.22. The Morgan fingerprint density at radius 3 is 2.28 bits per heavy atom. The van der Waals surface area contributed by atoms with Gasteiger partial charge in [-0.1, -0.05) is 12.1 Å². The largest absolute Gasteiger partial charge is 0.465 e. The molecular weight excluding hydrogens is 364 g/mol. The van der Waals surface area contributed by atoms with Crippen LogP contribution in [0.3, 0.4) is 0 Å². The first-order chi connectivity index (χ1) is 14.0. The van der Waals surface area contributed by atoms with Crippen molar-refractivity contribution in [3.63, 3.8) is 0 Å². The van der Waals surface area contributed by atoms with Gasteiger partial charge in [0.25, 0.3) is 0 Å². The van der Waals surface area contributed by atoms with E-state index in [1.807, 2.05) is 12.1 Å². The van der Waals surface area contributed by atoms with E-state index in [4.69, 9.17) is 9.47 Å². The van der Waals surface area contributed by atoms with Crippen molar-refractivity contribution in [2.24, 2.45) is 5.41 Å². The molecule has 0 bridgehead atoms. The number of esters is 2. The average Bonchev–Trinajstić information content (AvgIpc) is 3.27. The molecule has 0 saturated carbocycles. The van der Waals surface area contributed by atoms with Crippen molar-refractivity contribution >= 4 is 11.9 Å². The molecule has 1 atom stereocenters. The van der Waals surface area contributed by atoms with Crippen LogP contribution in [0, 0.1) is 5.41 Å². The first-order valence-electron chi connectivity index (χ1n) is 10.5. The van der Waals surface area contributed by atoms with Gasteiger partial charge in [0, 0.05) is 0 Å². The quantitative estimate of drug-likeness (QED) is 0.727. The first kappa shape index (κ1) is 18.4. The van der Waals surface area contributed by atoms with E-state index >= 15 is 0 Å². The van der Waals surface area contributed by atoms with Crippen molar-refractivity contribution in [3.8, 4) is 0 Å². The van der Waals surface area contributed by atoms with Crippen LogP contribution in [0.15, 0.2) is 24.3 Å². The highest BCUT2D eigenvalue weighted by molar-refractivity contribution is 5.94. The Labute approximate surface area is 171 Å². The predicted octanol–water partition coefficient (Wildman–Crippen LogP) is 4.02. The molecule has 0 heterocycles. The van der Waals surface area contributed by atoms with Gasteiger partial charge in [-0.15, -0.1) is 0 Å².